The normalized spacial score (nSPS) is 10.5. The summed E-state index contributed by atoms with van der Waals surface area (Å²) in [5, 5.41) is 5.39. The highest BCUT2D eigenvalue weighted by atomic mass is 79.9. The third-order valence-corrected chi connectivity index (χ3v) is 3.82. The van der Waals surface area contributed by atoms with Crippen molar-refractivity contribution in [3.05, 3.63) is 22.7 Å². The zero-order valence-corrected chi connectivity index (χ0v) is 24.9. The lowest BCUT2D eigenvalue weighted by atomic mass is 10.2. The van der Waals surface area contributed by atoms with Gasteiger partial charge in [-0.1, -0.05) is 43.6 Å². The molecule has 0 fully saturated rings. The lowest BCUT2D eigenvalue weighted by molar-refractivity contribution is 0.0514. The number of nitrogens with one attached hydrogen (secondary N) is 2. The van der Waals surface area contributed by atoms with E-state index in [1.807, 2.05) is 81.4 Å². The SMILES string of the molecule is CC.CC.CC(C)(C)OC(=O)NCCCOc1cc(Br)cc(OCCCNC(=O)OC(C)(C)C)c1. The molecule has 0 saturated heterocycles. The van der Waals surface area contributed by atoms with Gasteiger partial charge >= 0.3 is 12.2 Å². The van der Waals surface area contributed by atoms with E-state index in [1.54, 1.807) is 6.07 Å². The molecule has 0 bridgehead atoms. The summed E-state index contributed by atoms with van der Waals surface area (Å²) in [5.41, 5.74) is -1.03. The van der Waals surface area contributed by atoms with E-state index in [0.717, 1.165) is 4.47 Å². The van der Waals surface area contributed by atoms with Gasteiger partial charge in [-0.05, 0) is 66.5 Å². The Hall–Kier alpha value is -2.16. The molecule has 2 amide bonds. The Kier molecular flexibility index (Phi) is 19.1. The lowest BCUT2D eigenvalue weighted by Crippen LogP contribution is -2.33. The molecule has 0 heterocycles. The maximum atomic E-state index is 11.6. The van der Waals surface area contributed by atoms with E-state index < -0.39 is 23.4 Å². The van der Waals surface area contributed by atoms with Gasteiger partial charge in [0.05, 0.1) is 13.2 Å². The van der Waals surface area contributed by atoms with Gasteiger partial charge in [0.1, 0.15) is 22.7 Å². The molecule has 0 radical (unpaired) electrons. The predicted molar refractivity (Wildman–Crippen MR) is 146 cm³/mol. The number of halogens is 1. The number of carbonyl (C=O) groups is 2. The van der Waals surface area contributed by atoms with Crippen LogP contribution >= 0.6 is 15.9 Å². The molecular weight excluding hydrogens is 516 g/mol. The maximum absolute atomic E-state index is 11.6. The second-order valence-electron chi connectivity index (χ2n) is 8.88. The summed E-state index contributed by atoms with van der Waals surface area (Å²) in [5.74, 6) is 1.32. The number of alkyl carbamates (subject to hydrolysis) is 2. The Morgan fingerprint density at radius 2 is 1.06 bits per heavy atom. The summed E-state index contributed by atoms with van der Waals surface area (Å²) in [4.78, 5) is 23.2. The minimum atomic E-state index is -0.515. The molecule has 0 aliphatic rings. The monoisotopic (exact) mass is 562 g/mol. The van der Waals surface area contributed by atoms with Crippen molar-refractivity contribution in [1.29, 1.82) is 0 Å². The molecule has 0 aromatic heterocycles. The van der Waals surface area contributed by atoms with Gasteiger partial charge in [0.2, 0.25) is 0 Å². The van der Waals surface area contributed by atoms with E-state index >= 15 is 0 Å². The molecule has 0 saturated carbocycles. The molecule has 0 aliphatic carbocycles. The fourth-order valence-corrected chi connectivity index (χ4v) is 2.69. The second-order valence-corrected chi connectivity index (χ2v) is 9.80. The van der Waals surface area contributed by atoms with Crippen LogP contribution in [0.25, 0.3) is 0 Å². The smallest absolute Gasteiger partial charge is 0.407 e. The molecule has 0 atom stereocenters. The van der Waals surface area contributed by atoms with Gasteiger partial charge in [0.25, 0.3) is 0 Å². The number of hydrogen-bond acceptors (Lipinski definition) is 6. The average molecular weight is 564 g/mol. The van der Waals surface area contributed by atoms with E-state index in [0.29, 0.717) is 50.6 Å². The van der Waals surface area contributed by atoms with Gasteiger partial charge in [-0.3, -0.25) is 0 Å². The third-order valence-electron chi connectivity index (χ3n) is 3.36. The van der Waals surface area contributed by atoms with Gasteiger partial charge in [-0.15, -0.1) is 0 Å². The van der Waals surface area contributed by atoms with Crippen LogP contribution in [0.3, 0.4) is 0 Å². The first-order valence-electron chi connectivity index (χ1n) is 12.3. The lowest BCUT2D eigenvalue weighted by Gasteiger charge is -2.19. The number of ether oxygens (including phenoxy) is 4. The Labute approximate surface area is 220 Å². The molecule has 1 aromatic rings. The summed E-state index contributed by atoms with van der Waals surface area (Å²) < 4.78 is 22.7. The number of benzene rings is 1. The zero-order valence-electron chi connectivity index (χ0n) is 23.3. The van der Waals surface area contributed by atoms with Crippen molar-refractivity contribution in [1.82, 2.24) is 10.6 Å². The second kappa shape index (κ2) is 19.1. The largest absolute Gasteiger partial charge is 0.493 e. The van der Waals surface area contributed by atoms with Crippen LogP contribution in [0.1, 0.15) is 82.1 Å². The van der Waals surface area contributed by atoms with E-state index in [9.17, 15) is 9.59 Å². The maximum Gasteiger partial charge on any atom is 0.407 e. The Balaban J connectivity index is 0. The molecule has 0 unspecified atom stereocenters. The summed E-state index contributed by atoms with van der Waals surface area (Å²) >= 11 is 3.45. The van der Waals surface area contributed by atoms with Gasteiger partial charge < -0.3 is 29.6 Å². The Morgan fingerprint density at radius 1 is 0.714 bits per heavy atom. The van der Waals surface area contributed by atoms with E-state index in [1.165, 1.54) is 0 Å². The van der Waals surface area contributed by atoms with Crippen LogP contribution in [0, 0.1) is 0 Å². The van der Waals surface area contributed by atoms with Gasteiger partial charge in [-0.25, -0.2) is 9.59 Å². The van der Waals surface area contributed by atoms with Crippen molar-refractivity contribution in [2.24, 2.45) is 0 Å². The van der Waals surface area contributed by atoms with Gasteiger partial charge in [0, 0.05) is 23.6 Å². The number of hydrogen-bond donors (Lipinski definition) is 2. The van der Waals surface area contributed by atoms with E-state index in [2.05, 4.69) is 26.6 Å². The molecule has 9 heteroatoms. The summed E-state index contributed by atoms with van der Waals surface area (Å²) in [6, 6.07) is 5.49. The fraction of sp³-hybridized carbons (Fsp3) is 0.692. The average Bonchev–Trinajstić information content (AvgIpc) is 2.73. The van der Waals surface area contributed by atoms with Crippen molar-refractivity contribution in [3.63, 3.8) is 0 Å². The van der Waals surface area contributed by atoms with Crippen LogP contribution in [-0.2, 0) is 9.47 Å². The first-order valence-corrected chi connectivity index (χ1v) is 13.1. The summed E-state index contributed by atoms with van der Waals surface area (Å²) in [6.07, 6.45) is 0.398. The minimum absolute atomic E-state index is 0.436. The zero-order chi connectivity index (χ0) is 27.5. The van der Waals surface area contributed by atoms with Crippen LogP contribution in [0.2, 0.25) is 0 Å². The molecule has 1 rings (SSSR count). The van der Waals surface area contributed by atoms with Crippen molar-refractivity contribution >= 4 is 28.1 Å². The van der Waals surface area contributed by atoms with Crippen molar-refractivity contribution in [2.45, 2.75) is 93.3 Å². The first kappa shape index (κ1) is 35.0. The fourth-order valence-electron chi connectivity index (χ4n) is 2.24. The van der Waals surface area contributed by atoms with Gasteiger partial charge in [-0.2, -0.15) is 0 Å². The Bertz CT molecular complexity index is 659. The van der Waals surface area contributed by atoms with E-state index in [-0.39, 0.29) is 0 Å². The molecule has 2 N–H and O–H groups in total. The van der Waals surface area contributed by atoms with Crippen molar-refractivity contribution in [3.8, 4) is 11.5 Å². The van der Waals surface area contributed by atoms with Crippen LogP contribution < -0.4 is 20.1 Å². The van der Waals surface area contributed by atoms with Gasteiger partial charge in [0.15, 0.2) is 0 Å². The molecule has 0 aliphatic heterocycles. The number of rotatable bonds is 10. The topological polar surface area (TPSA) is 95.1 Å². The number of carbonyl (C=O) groups excluding carboxylic acids is 2. The highest BCUT2D eigenvalue weighted by molar-refractivity contribution is 9.10. The highest BCUT2D eigenvalue weighted by Crippen LogP contribution is 2.26. The summed E-state index contributed by atoms with van der Waals surface area (Å²) in [6.45, 7) is 20.7. The van der Waals surface area contributed by atoms with E-state index in [4.69, 9.17) is 18.9 Å². The van der Waals surface area contributed by atoms with Crippen molar-refractivity contribution < 1.29 is 28.5 Å². The van der Waals surface area contributed by atoms with Crippen LogP contribution in [-0.4, -0.2) is 49.7 Å². The van der Waals surface area contributed by atoms with Crippen LogP contribution in [0.5, 0.6) is 11.5 Å². The molecular formula is C26H47BrN2O6. The standard InChI is InChI=1S/C22H35BrN2O6.2C2H6/c1-21(2,3)30-19(26)24-9-7-11-28-17-13-16(23)14-18(15-17)29-12-8-10-25-20(27)31-22(4,5)6;2*1-2/h13-15H,7-12H2,1-6H3,(H,24,26)(H,25,27);2*1-2H3. The minimum Gasteiger partial charge on any atom is -0.493 e. The molecule has 35 heavy (non-hydrogen) atoms. The Morgan fingerprint density at radius 3 is 1.37 bits per heavy atom. The predicted octanol–water partition coefficient (Wildman–Crippen LogP) is 7.09. The van der Waals surface area contributed by atoms with Crippen molar-refractivity contribution in [2.75, 3.05) is 26.3 Å². The quantitative estimate of drug-likeness (QED) is 0.295. The summed E-state index contributed by atoms with van der Waals surface area (Å²) in [7, 11) is 0. The first-order chi connectivity index (χ1) is 16.3. The highest BCUT2D eigenvalue weighted by Gasteiger charge is 2.16. The number of amides is 2. The molecule has 204 valence electrons. The van der Waals surface area contributed by atoms with Crippen LogP contribution in [0.15, 0.2) is 22.7 Å². The molecule has 0 spiro atoms. The van der Waals surface area contributed by atoms with Crippen LogP contribution in [0.4, 0.5) is 9.59 Å². The molecule has 8 nitrogen and oxygen atoms in total. The molecule has 1 aromatic carbocycles. The third kappa shape index (κ3) is 22.1.